The monoisotopic (exact) mass is 146 g/mol. The van der Waals surface area contributed by atoms with Crippen molar-refractivity contribution in [3.05, 3.63) is 0 Å². The second kappa shape index (κ2) is 12.6. The molecular formula is H2N3Ru+. The normalized spacial score (nSPS) is 2.00. The molecule has 0 saturated heterocycles. The molecule has 0 heterocycles. The van der Waals surface area contributed by atoms with E-state index in [9.17, 15) is 0 Å². The second-order valence-corrected chi connectivity index (χ2v) is 0.112. The molecule has 0 radical (unpaired) electrons. The minimum absolute atomic E-state index is 0. The fraction of sp³-hybridized carbons (Fsp3) is 0. The fourth-order valence-corrected chi connectivity index (χ4v) is 0. The largest absolute Gasteiger partial charge is 0.211 e. The van der Waals surface area contributed by atoms with E-state index in [-0.39, 0.29) is 19.5 Å². The molecule has 0 amide bonds. The van der Waals surface area contributed by atoms with Crippen molar-refractivity contribution in [1.82, 2.24) is 4.91 Å². The summed E-state index contributed by atoms with van der Waals surface area (Å²) in [7, 11) is 0. The first kappa shape index (κ1) is 9.05. The summed E-state index contributed by atoms with van der Waals surface area (Å²) in [5.74, 6) is 0. The molecule has 4 heavy (non-hydrogen) atoms. The summed E-state index contributed by atoms with van der Waals surface area (Å²) in [6, 6.07) is 0. The van der Waals surface area contributed by atoms with E-state index in [0.29, 0.717) is 0 Å². The molecule has 0 aliphatic carbocycles. The van der Waals surface area contributed by atoms with Gasteiger partial charge in [0.25, 0.3) is 0 Å². The van der Waals surface area contributed by atoms with E-state index >= 15 is 0 Å². The van der Waals surface area contributed by atoms with Gasteiger partial charge in [0.2, 0.25) is 4.91 Å². The van der Waals surface area contributed by atoms with Crippen molar-refractivity contribution in [2.45, 2.75) is 0 Å². The van der Waals surface area contributed by atoms with Crippen LogP contribution in [-0.4, -0.2) is 0 Å². The van der Waals surface area contributed by atoms with Crippen LogP contribution in [0.2, 0.25) is 0 Å². The van der Waals surface area contributed by atoms with Crippen LogP contribution in [0.3, 0.4) is 0 Å². The Hall–Kier alpha value is -0.0666. The van der Waals surface area contributed by atoms with Crippen LogP contribution in [0.5, 0.6) is 0 Å². The van der Waals surface area contributed by atoms with E-state index in [1.165, 1.54) is 0 Å². The fourth-order valence-electron chi connectivity index (χ4n) is 0. The molecular weight excluding hydrogens is 143 g/mol. The molecule has 4 heteroatoms. The maximum absolute atomic E-state index is 5.50. The molecule has 0 atom stereocenters. The molecule has 0 aromatic heterocycles. The van der Waals surface area contributed by atoms with Crippen LogP contribution in [0.4, 0.5) is 0 Å². The van der Waals surface area contributed by atoms with Crippen molar-refractivity contribution in [2.75, 3.05) is 0 Å². The van der Waals surface area contributed by atoms with Crippen molar-refractivity contribution in [1.29, 1.82) is 11.1 Å². The summed E-state index contributed by atoms with van der Waals surface area (Å²) in [5, 5.41) is 0. The van der Waals surface area contributed by atoms with Crippen molar-refractivity contribution in [2.24, 2.45) is 0 Å². The van der Waals surface area contributed by atoms with Crippen LogP contribution < -0.4 is 4.91 Å². The summed E-state index contributed by atoms with van der Waals surface area (Å²) in [6.07, 6.45) is 0. The van der Waals surface area contributed by atoms with Crippen molar-refractivity contribution in [3.63, 3.8) is 0 Å². The summed E-state index contributed by atoms with van der Waals surface area (Å²) >= 11 is 0. The van der Waals surface area contributed by atoms with E-state index in [1.807, 2.05) is 4.91 Å². The predicted molar refractivity (Wildman–Crippen MR) is 7.57 cm³/mol. The first-order valence-corrected chi connectivity index (χ1v) is 0.447. The van der Waals surface area contributed by atoms with Gasteiger partial charge in [-0.1, -0.05) is 0 Å². The van der Waals surface area contributed by atoms with Crippen LogP contribution in [0, 0.1) is 11.1 Å². The zero-order valence-electron chi connectivity index (χ0n) is 1.80. The molecule has 3 nitrogen and oxygen atoms in total. The topological polar surface area (TPSA) is 61.8 Å². The summed E-state index contributed by atoms with van der Waals surface area (Å²) in [5.41, 5.74) is 11.0. The Morgan fingerprint density at radius 1 is 1.25 bits per heavy atom. The zero-order valence-corrected chi connectivity index (χ0v) is 3.54. The molecule has 0 saturated carbocycles. The molecule has 0 aliphatic rings. The third-order valence-corrected chi connectivity index (χ3v) is 0. The maximum atomic E-state index is 5.50. The van der Waals surface area contributed by atoms with Crippen molar-refractivity contribution in [3.8, 4) is 0 Å². The number of rotatable bonds is 0. The second-order valence-electron chi connectivity index (χ2n) is 0.112. The predicted octanol–water partition coefficient (Wildman–Crippen LogP) is 0.113. The number of hydrogen-bond donors (Lipinski definition) is 2. The molecule has 0 fully saturated rings. The van der Waals surface area contributed by atoms with Crippen LogP contribution in [0.25, 0.3) is 0 Å². The van der Waals surface area contributed by atoms with E-state index in [1.54, 1.807) is 0 Å². The average molecular weight is 145 g/mol. The minimum Gasteiger partial charge on any atom is 0 e. The van der Waals surface area contributed by atoms with E-state index in [4.69, 9.17) is 11.1 Å². The van der Waals surface area contributed by atoms with Gasteiger partial charge in [0.15, 0.2) is 0 Å². The van der Waals surface area contributed by atoms with Crippen LogP contribution >= 0.6 is 0 Å². The van der Waals surface area contributed by atoms with Gasteiger partial charge in [-0.05, 0) is 0 Å². The first-order valence-electron chi connectivity index (χ1n) is 0.447. The van der Waals surface area contributed by atoms with Gasteiger partial charge in [0.1, 0.15) is 11.1 Å². The van der Waals surface area contributed by atoms with Gasteiger partial charge < -0.3 is 0 Å². The molecule has 0 aliphatic heterocycles. The molecule has 0 bridgehead atoms. The maximum Gasteiger partial charge on any atom is 0.211 e. The van der Waals surface area contributed by atoms with E-state index in [0.717, 1.165) is 0 Å². The van der Waals surface area contributed by atoms with Crippen LogP contribution in [0.15, 0.2) is 0 Å². The quantitative estimate of drug-likeness (QED) is 0.276. The molecule has 0 rings (SSSR count). The molecule has 0 aromatic carbocycles. The van der Waals surface area contributed by atoms with Gasteiger partial charge in [0.05, 0.1) is 0 Å². The summed E-state index contributed by atoms with van der Waals surface area (Å²) in [4.78, 5) is 2.00. The van der Waals surface area contributed by atoms with Crippen molar-refractivity contribution >= 4 is 0 Å². The standard InChI is InChI=1S/H2N3.Ru/c1-3-2;/h1-2H;/q+1;. The molecule has 0 aromatic rings. The van der Waals surface area contributed by atoms with Gasteiger partial charge in [-0.15, -0.1) is 0 Å². The third-order valence-electron chi connectivity index (χ3n) is 0. The number of nitrogens with one attached hydrogen (secondary N) is 2. The van der Waals surface area contributed by atoms with Crippen molar-refractivity contribution < 1.29 is 19.5 Å². The van der Waals surface area contributed by atoms with Gasteiger partial charge in [-0.25, -0.2) is 0 Å². The third kappa shape index (κ3) is 379. The van der Waals surface area contributed by atoms with Gasteiger partial charge in [-0.3, -0.25) is 0 Å². The summed E-state index contributed by atoms with van der Waals surface area (Å²) in [6.45, 7) is 0. The Labute approximate surface area is 36.2 Å². The van der Waals surface area contributed by atoms with E-state index in [2.05, 4.69) is 0 Å². The van der Waals surface area contributed by atoms with Gasteiger partial charge in [0, 0.05) is 19.5 Å². The Kier molecular flexibility index (Phi) is 28.5. The van der Waals surface area contributed by atoms with E-state index < -0.39 is 0 Å². The Bertz CT molecular complexity index is 24.3. The Morgan fingerprint density at radius 3 is 1.25 bits per heavy atom. The Balaban J connectivity index is 0. The van der Waals surface area contributed by atoms with Crippen LogP contribution in [0.1, 0.15) is 0 Å². The average Bonchev–Trinajstić information content (AvgIpc) is 0.918. The van der Waals surface area contributed by atoms with Gasteiger partial charge >= 0.3 is 0 Å². The molecule has 24 valence electrons. The molecule has 2 N–H and O–H groups in total. The number of hydrogen-bond acceptors (Lipinski definition) is 2. The van der Waals surface area contributed by atoms with Gasteiger partial charge in [-0.2, -0.15) is 0 Å². The smallest absolute Gasteiger partial charge is 0 e. The summed E-state index contributed by atoms with van der Waals surface area (Å²) < 4.78 is 0. The molecule has 0 unspecified atom stereocenters. The first-order chi connectivity index (χ1) is 1.41. The zero-order chi connectivity index (χ0) is 2.71. The Morgan fingerprint density at radius 2 is 1.25 bits per heavy atom. The van der Waals surface area contributed by atoms with Crippen LogP contribution in [-0.2, 0) is 19.5 Å². The minimum atomic E-state index is 0. The number of nitrogens with zero attached hydrogens (tertiary/aromatic N) is 1. The molecule has 0 spiro atoms. The SMILES string of the molecule is N=[N+]=N.[Ru].